The van der Waals surface area contributed by atoms with E-state index in [9.17, 15) is 4.79 Å². The van der Waals surface area contributed by atoms with Crippen molar-refractivity contribution in [3.05, 3.63) is 89.0 Å². The van der Waals surface area contributed by atoms with E-state index in [-0.39, 0.29) is 12.0 Å². The molecule has 1 aliphatic rings. The number of benzene rings is 2. The van der Waals surface area contributed by atoms with Crippen molar-refractivity contribution < 1.29 is 9.53 Å². The number of ether oxygens (including phenoxy) is 1. The van der Waals surface area contributed by atoms with Crippen LogP contribution in [0.15, 0.2) is 60.7 Å². The Morgan fingerprint density at radius 2 is 1.87 bits per heavy atom. The van der Waals surface area contributed by atoms with Gasteiger partial charge in [0.25, 0.3) is 5.91 Å². The van der Waals surface area contributed by atoms with Gasteiger partial charge in [-0.15, -0.1) is 0 Å². The molecule has 0 spiro atoms. The number of fused-ring (bicyclic) bond motifs is 1. The number of rotatable bonds is 5. The third-order valence-corrected chi connectivity index (χ3v) is 5.14. The third-order valence-electron chi connectivity index (χ3n) is 5.14. The van der Waals surface area contributed by atoms with Gasteiger partial charge in [-0.05, 0) is 31.5 Å². The fraction of sp³-hybridized carbons (Fsp3) is 0.292. The van der Waals surface area contributed by atoms with Crippen LogP contribution in [0.3, 0.4) is 0 Å². The molecule has 6 nitrogen and oxygen atoms in total. The summed E-state index contributed by atoms with van der Waals surface area (Å²) in [7, 11) is 0. The summed E-state index contributed by atoms with van der Waals surface area (Å²) < 4.78 is 6.35. The molecule has 0 fully saturated rings. The zero-order valence-electron chi connectivity index (χ0n) is 17.3. The first-order valence-electron chi connectivity index (χ1n) is 10.2. The molecular weight excluding hydrogens is 376 g/mol. The normalized spacial score (nSPS) is 16.3. The van der Waals surface area contributed by atoms with E-state index < -0.39 is 0 Å². The maximum atomic E-state index is 12.5. The molecule has 154 valence electrons. The number of para-hydroxylation sites is 1. The van der Waals surface area contributed by atoms with Crippen LogP contribution in [0.4, 0.5) is 0 Å². The number of aromatic nitrogens is 2. The van der Waals surface area contributed by atoms with E-state index in [1.165, 1.54) is 0 Å². The fourth-order valence-corrected chi connectivity index (χ4v) is 3.74. The molecular formula is C24H26N4O2. The molecule has 1 atom stereocenters. The second-order valence-electron chi connectivity index (χ2n) is 7.56. The van der Waals surface area contributed by atoms with Gasteiger partial charge in [0.1, 0.15) is 23.4 Å². The monoisotopic (exact) mass is 402 g/mol. The molecule has 4 rings (SSSR count). The molecule has 3 aromatic rings. The van der Waals surface area contributed by atoms with Crippen LogP contribution in [0.25, 0.3) is 0 Å². The average Bonchev–Trinajstić information content (AvgIpc) is 2.93. The summed E-state index contributed by atoms with van der Waals surface area (Å²) in [4.78, 5) is 23.3. The quantitative estimate of drug-likeness (QED) is 0.708. The standard InChI is InChI=1S/C24H26N4O2/c1-17-14-21(27-18(2)26-17)24(29)25-12-13-28-15-20-10-6-7-11-22(20)30-23(16-28)19-8-4-3-5-9-19/h3-11,14,23H,12-13,15-16H2,1-2H3,(H,25,29). The van der Waals surface area contributed by atoms with Gasteiger partial charge < -0.3 is 10.1 Å². The summed E-state index contributed by atoms with van der Waals surface area (Å²) in [6.45, 7) is 6.44. The maximum Gasteiger partial charge on any atom is 0.270 e. The number of aryl methyl sites for hydroxylation is 2. The first-order valence-corrected chi connectivity index (χ1v) is 10.2. The van der Waals surface area contributed by atoms with E-state index in [0.29, 0.717) is 18.1 Å². The molecule has 1 aliphatic heterocycles. The Balaban J connectivity index is 1.44. The largest absolute Gasteiger partial charge is 0.484 e. The van der Waals surface area contributed by atoms with Gasteiger partial charge in [-0.3, -0.25) is 9.69 Å². The van der Waals surface area contributed by atoms with Gasteiger partial charge in [0.2, 0.25) is 0 Å². The minimum atomic E-state index is -0.172. The van der Waals surface area contributed by atoms with E-state index in [1.807, 2.05) is 43.3 Å². The molecule has 0 aliphatic carbocycles. The predicted molar refractivity (Wildman–Crippen MR) is 115 cm³/mol. The van der Waals surface area contributed by atoms with Crippen LogP contribution in [0.1, 0.15) is 39.2 Å². The average molecular weight is 402 g/mol. The number of hydrogen-bond acceptors (Lipinski definition) is 5. The van der Waals surface area contributed by atoms with Gasteiger partial charge in [-0.25, -0.2) is 9.97 Å². The Kier molecular flexibility index (Phi) is 6.05. The summed E-state index contributed by atoms with van der Waals surface area (Å²) in [5, 5.41) is 2.99. The second-order valence-corrected chi connectivity index (χ2v) is 7.56. The van der Waals surface area contributed by atoms with Crippen LogP contribution in [0.5, 0.6) is 5.75 Å². The van der Waals surface area contributed by atoms with Gasteiger partial charge >= 0.3 is 0 Å². The Bertz CT molecular complexity index is 1000. The number of carbonyl (C=O) groups excluding carboxylic acids is 1. The first kappa shape index (κ1) is 20.0. The summed E-state index contributed by atoms with van der Waals surface area (Å²) in [6.07, 6.45) is -0.0577. The summed E-state index contributed by atoms with van der Waals surface area (Å²) in [5.41, 5.74) is 3.51. The Morgan fingerprint density at radius 1 is 1.10 bits per heavy atom. The lowest BCUT2D eigenvalue weighted by Gasteiger charge is -2.24. The van der Waals surface area contributed by atoms with Gasteiger partial charge in [-0.2, -0.15) is 0 Å². The molecule has 0 saturated heterocycles. The van der Waals surface area contributed by atoms with Crippen LogP contribution < -0.4 is 10.1 Å². The van der Waals surface area contributed by atoms with Gasteiger partial charge in [0, 0.05) is 37.4 Å². The van der Waals surface area contributed by atoms with Crippen LogP contribution in [-0.4, -0.2) is 40.4 Å². The maximum absolute atomic E-state index is 12.5. The lowest BCUT2D eigenvalue weighted by molar-refractivity contribution is 0.0937. The molecule has 1 unspecified atom stereocenters. The lowest BCUT2D eigenvalue weighted by Crippen LogP contribution is -2.36. The lowest BCUT2D eigenvalue weighted by atomic mass is 10.1. The van der Waals surface area contributed by atoms with Crippen molar-refractivity contribution in [1.82, 2.24) is 20.2 Å². The molecule has 2 aromatic carbocycles. The van der Waals surface area contributed by atoms with Crippen molar-refractivity contribution in [3.63, 3.8) is 0 Å². The predicted octanol–water partition coefficient (Wildman–Crippen LogP) is 3.46. The summed E-state index contributed by atoms with van der Waals surface area (Å²) >= 11 is 0. The van der Waals surface area contributed by atoms with E-state index in [0.717, 1.165) is 42.2 Å². The smallest absolute Gasteiger partial charge is 0.270 e. The number of carbonyl (C=O) groups is 1. The highest BCUT2D eigenvalue weighted by Gasteiger charge is 2.24. The Morgan fingerprint density at radius 3 is 2.67 bits per heavy atom. The molecule has 6 heteroatoms. The Labute approximate surface area is 176 Å². The highest BCUT2D eigenvalue weighted by Crippen LogP contribution is 2.30. The van der Waals surface area contributed by atoms with Crippen molar-refractivity contribution in [2.75, 3.05) is 19.6 Å². The molecule has 30 heavy (non-hydrogen) atoms. The minimum absolute atomic E-state index is 0.0577. The minimum Gasteiger partial charge on any atom is -0.484 e. The van der Waals surface area contributed by atoms with Gasteiger partial charge in [0.15, 0.2) is 0 Å². The van der Waals surface area contributed by atoms with Crippen molar-refractivity contribution in [2.45, 2.75) is 26.5 Å². The number of amides is 1. The van der Waals surface area contributed by atoms with Gasteiger partial charge in [-0.1, -0.05) is 48.5 Å². The third kappa shape index (κ3) is 4.83. The zero-order valence-corrected chi connectivity index (χ0v) is 17.3. The van der Waals surface area contributed by atoms with Crippen molar-refractivity contribution >= 4 is 5.91 Å². The van der Waals surface area contributed by atoms with Crippen molar-refractivity contribution in [3.8, 4) is 5.75 Å². The number of nitrogens with one attached hydrogen (secondary N) is 1. The van der Waals surface area contributed by atoms with E-state index in [1.54, 1.807) is 13.0 Å². The summed E-state index contributed by atoms with van der Waals surface area (Å²) in [5.74, 6) is 1.35. The van der Waals surface area contributed by atoms with Crippen molar-refractivity contribution in [2.24, 2.45) is 0 Å². The van der Waals surface area contributed by atoms with Crippen molar-refractivity contribution in [1.29, 1.82) is 0 Å². The topological polar surface area (TPSA) is 67.4 Å². The Hall–Kier alpha value is -3.25. The number of hydrogen-bond donors (Lipinski definition) is 1. The molecule has 2 heterocycles. The molecule has 1 N–H and O–H groups in total. The second kappa shape index (κ2) is 9.05. The van der Waals surface area contributed by atoms with E-state index >= 15 is 0 Å². The van der Waals surface area contributed by atoms with Crippen LogP contribution in [0.2, 0.25) is 0 Å². The van der Waals surface area contributed by atoms with E-state index in [2.05, 4.69) is 38.4 Å². The van der Waals surface area contributed by atoms with E-state index in [4.69, 9.17) is 4.74 Å². The molecule has 1 aromatic heterocycles. The molecule has 1 amide bonds. The fourth-order valence-electron chi connectivity index (χ4n) is 3.74. The highest BCUT2D eigenvalue weighted by molar-refractivity contribution is 5.92. The van der Waals surface area contributed by atoms with Gasteiger partial charge in [0.05, 0.1) is 0 Å². The first-order chi connectivity index (χ1) is 14.6. The number of nitrogens with zero attached hydrogens (tertiary/aromatic N) is 3. The molecule has 0 bridgehead atoms. The SMILES string of the molecule is Cc1cc(C(=O)NCCN2Cc3ccccc3OC(c3ccccc3)C2)nc(C)n1. The highest BCUT2D eigenvalue weighted by atomic mass is 16.5. The molecule has 0 radical (unpaired) electrons. The van der Waals surface area contributed by atoms with Crippen LogP contribution in [-0.2, 0) is 6.54 Å². The zero-order chi connectivity index (χ0) is 20.9. The van der Waals surface area contributed by atoms with Crippen LogP contribution in [0, 0.1) is 13.8 Å². The van der Waals surface area contributed by atoms with Crippen LogP contribution >= 0.6 is 0 Å². The molecule has 0 saturated carbocycles. The summed E-state index contributed by atoms with van der Waals surface area (Å²) in [6, 6.07) is 20.1.